The lowest BCUT2D eigenvalue weighted by Crippen LogP contribution is -1.93. The molecule has 186 valence electrons. The minimum atomic E-state index is 0.916. The van der Waals surface area contributed by atoms with Gasteiger partial charge < -0.3 is 9.73 Å². The van der Waals surface area contributed by atoms with Crippen LogP contribution in [0.3, 0.4) is 0 Å². The Kier molecular flexibility index (Phi) is 5.99. The Morgan fingerprint density at radius 3 is 1.92 bits per heavy atom. The predicted molar refractivity (Wildman–Crippen MR) is 167 cm³/mol. The summed E-state index contributed by atoms with van der Waals surface area (Å²) in [6, 6.07) is 48.7. The third-order valence-corrected chi connectivity index (χ3v) is 7.68. The molecule has 7 rings (SSSR count). The van der Waals surface area contributed by atoms with Gasteiger partial charge in [0.05, 0.1) is 0 Å². The molecule has 2 nitrogen and oxygen atoms in total. The molecular weight excluding hydrogens is 542 g/mol. The number of nitrogens with one attached hydrogen (secondary N) is 1. The molecule has 0 saturated heterocycles. The Labute approximate surface area is 235 Å². The molecule has 7 aromatic rings. The fraction of sp³-hybridized carbons (Fsp3) is 0. The summed E-state index contributed by atoms with van der Waals surface area (Å²) in [7, 11) is 0. The molecule has 6 aromatic carbocycles. The maximum atomic E-state index is 6.26. The molecule has 0 aliphatic carbocycles. The lowest BCUT2D eigenvalue weighted by atomic mass is 9.94. The largest absolute Gasteiger partial charge is 0.455 e. The molecule has 0 fully saturated rings. The van der Waals surface area contributed by atoms with Gasteiger partial charge in [0.2, 0.25) is 0 Å². The predicted octanol–water partition coefficient (Wildman–Crippen LogP) is 11.1. The van der Waals surface area contributed by atoms with Gasteiger partial charge >= 0.3 is 0 Å². The van der Waals surface area contributed by atoms with Gasteiger partial charge in [-0.15, -0.1) is 0 Å². The summed E-state index contributed by atoms with van der Waals surface area (Å²) in [6.07, 6.45) is 0. The van der Waals surface area contributed by atoms with Crippen LogP contribution < -0.4 is 5.32 Å². The van der Waals surface area contributed by atoms with Gasteiger partial charge in [0.15, 0.2) is 0 Å². The van der Waals surface area contributed by atoms with Gasteiger partial charge in [-0.25, -0.2) is 0 Å². The first-order chi connectivity index (χ1) is 19.2. The van der Waals surface area contributed by atoms with E-state index in [1.54, 1.807) is 0 Å². The molecule has 39 heavy (non-hydrogen) atoms. The molecule has 0 unspecified atom stereocenters. The molecule has 0 saturated carbocycles. The number of anilines is 2. The molecule has 0 radical (unpaired) electrons. The van der Waals surface area contributed by atoms with E-state index in [1.807, 2.05) is 12.1 Å². The maximum Gasteiger partial charge on any atom is 0.143 e. The zero-order chi connectivity index (χ0) is 26.2. The van der Waals surface area contributed by atoms with Crippen LogP contribution in [0, 0.1) is 0 Å². The van der Waals surface area contributed by atoms with Gasteiger partial charge in [-0.1, -0.05) is 113 Å². The zero-order valence-corrected chi connectivity index (χ0v) is 22.7. The summed E-state index contributed by atoms with van der Waals surface area (Å²) in [5, 5.41) is 5.90. The average Bonchev–Trinajstić information content (AvgIpc) is 3.38. The van der Waals surface area contributed by atoms with Crippen LogP contribution in [0.4, 0.5) is 11.4 Å². The maximum absolute atomic E-state index is 6.26. The lowest BCUT2D eigenvalue weighted by molar-refractivity contribution is 0.670. The van der Waals surface area contributed by atoms with E-state index in [2.05, 4.69) is 149 Å². The average molecular weight is 566 g/mol. The molecule has 0 amide bonds. The van der Waals surface area contributed by atoms with Crippen LogP contribution >= 0.6 is 15.9 Å². The van der Waals surface area contributed by atoms with Gasteiger partial charge in [-0.2, -0.15) is 0 Å². The third kappa shape index (κ3) is 4.52. The van der Waals surface area contributed by atoms with Gasteiger partial charge in [0, 0.05) is 32.2 Å². The van der Waals surface area contributed by atoms with E-state index in [1.165, 1.54) is 22.3 Å². The second-order valence-electron chi connectivity index (χ2n) is 9.62. The topological polar surface area (TPSA) is 25.2 Å². The number of halogens is 1. The van der Waals surface area contributed by atoms with Crippen molar-refractivity contribution in [3.05, 3.63) is 144 Å². The number of fused-ring (bicyclic) bond motifs is 3. The van der Waals surface area contributed by atoms with E-state index in [0.717, 1.165) is 48.9 Å². The summed E-state index contributed by atoms with van der Waals surface area (Å²) in [5.41, 5.74) is 10.9. The highest BCUT2D eigenvalue weighted by Gasteiger charge is 2.12. The van der Waals surface area contributed by atoms with E-state index in [0.29, 0.717) is 0 Å². The molecule has 0 aliphatic heterocycles. The molecule has 0 spiro atoms. The van der Waals surface area contributed by atoms with Crippen molar-refractivity contribution in [2.75, 3.05) is 5.32 Å². The number of benzene rings is 6. The first-order valence-corrected chi connectivity index (χ1v) is 13.8. The van der Waals surface area contributed by atoms with Crippen LogP contribution in [0.5, 0.6) is 0 Å². The Balaban J connectivity index is 1.22. The van der Waals surface area contributed by atoms with Gasteiger partial charge in [-0.3, -0.25) is 0 Å². The van der Waals surface area contributed by atoms with Crippen molar-refractivity contribution in [3.8, 4) is 33.4 Å². The number of furan rings is 1. The van der Waals surface area contributed by atoms with Crippen molar-refractivity contribution >= 4 is 49.2 Å². The van der Waals surface area contributed by atoms with E-state index in [4.69, 9.17) is 4.42 Å². The van der Waals surface area contributed by atoms with E-state index in [9.17, 15) is 0 Å². The number of rotatable bonds is 5. The van der Waals surface area contributed by atoms with Gasteiger partial charge in [-0.05, 0) is 70.3 Å². The standard InChI is InChI=1S/C36H24BrNO/c37-27-17-13-26(14-18-27)34-23-29(21-22-30(34)24-7-2-1-3-8-24)38-28-19-15-25(16-20-28)31-10-6-11-33-32-9-4-5-12-35(32)39-36(31)33/h1-23,38H. The summed E-state index contributed by atoms with van der Waals surface area (Å²) < 4.78 is 7.33. The van der Waals surface area contributed by atoms with Gasteiger partial charge in [0.25, 0.3) is 0 Å². The van der Waals surface area contributed by atoms with E-state index >= 15 is 0 Å². The molecular formula is C36H24BrNO. The van der Waals surface area contributed by atoms with Crippen molar-refractivity contribution in [2.24, 2.45) is 0 Å². The van der Waals surface area contributed by atoms with Crippen LogP contribution in [-0.4, -0.2) is 0 Å². The van der Waals surface area contributed by atoms with Crippen molar-refractivity contribution < 1.29 is 4.42 Å². The monoisotopic (exact) mass is 565 g/mol. The SMILES string of the molecule is Brc1ccc(-c2cc(Nc3ccc(-c4cccc5c4oc4ccccc45)cc3)ccc2-c2ccccc2)cc1. The normalized spacial score (nSPS) is 11.2. The highest BCUT2D eigenvalue weighted by Crippen LogP contribution is 2.38. The molecule has 1 N–H and O–H groups in total. The fourth-order valence-corrected chi connectivity index (χ4v) is 5.50. The van der Waals surface area contributed by atoms with Crippen LogP contribution in [0.1, 0.15) is 0 Å². The highest BCUT2D eigenvalue weighted by atomic mass is 79.9. The summed E-state index contributed by atoms with van der Waals surface area (Å²) in [4.78, 5) is 0. The molecule has 1 heterocycles. The number of hydrogen-bond donors (Lipinski definition) is 1. The summed E-state index contributed by atoms with van der Waals surface area (Å²) in [6.45, 7) is 0. The van der Waals surface area contributed by atoms with Crippen molar-refractivity contribution in [3.63, 3.8) is 0 Å². The van der Waals surface area contributed by atoms with Crippen LogP contribution in [0.2, 0.25) is 0 Å². The quantitative estimate of drug-likeness (QED) is 0.224. The number of para-hydroxylation sites is 2. The van der Waals surface area contributed by atoms with Crippen molar-refractivity contribution in [1.82, 2.24) is 0 Å². The second kappa shape index (κ2) is 9.94. The van der Waals surface area contributed by atoms with E-state index in [-0.39, 0.29) is 0 Å². The van der Waals surface area contributed by atoms with Crippen molar-refractivity contribution in [1.29, 1.82) is 0 Å². The summed E-state index contributed by atoms with van der Waals surface area (Å²) in [5.74, 6) is 0. The first kappa shape index (κ1) is 23.5. The molecule has 3 heteroatoms. The summed E-state index contributed by atoms with van der Waals surface area (Å²) >= 11 is 3.57. The van der Waals surface area contributed by atoms with Crippen LogP contribution in [-0.2, 0) is 0 Å². The van der Waals surface area contributed by atoms with Gasteiger partial charge in [0.1, 0.15) is 11.2 Å². The van der Waals surface area contributed by atoms with Crippen molar-refractivity contribution in [2.45, 2.75) is 0 Å². The third-order valence-electron chi connectivity index (χ3n) is 7.15. The molecule has 0 bridgehead atoms. The van der Waals surface area contributed by atoms with Crippen LogP contribution in [0.15, 0.2) is 148 Å². The Morgan fingerprint density at radius 1 is 0.462 bits per heavy atom. The number of hydrogen-bond acceptors (Lipinski definition) is 2. The first-order valence-electron chi connectivity index (χ1n) is 13.0. The van der Waals surface area contributed by atoms with E-state index < -0.39 is 0 Å². The Morgan fingerprint density at radius 2 is 1.10 bits per heavy atom. The zero-order valence-electron chi connectivity index (χ0n) is 21.1. The Bertz CT molecular complexity index is 1920. The minimum absolute atomic E-state index is 0.916. The second-order valence-corrected chi connectivity index (χ2v) is 10.5. The molecule has 1 aromatic heterocycles. The fourth-order valence-electron chi connectivity index (χ4n) is 5.23. The smallest absolute Gasteiger partial charge is 0.143 e. The Hall–Kier alpha value is -4.60. The minimum Gasteiger partial charge on any atom is -0.455 e. The lowest BCUT2D eigenvalue weighted by Gasteiger charge is -2.15. The molecule has 0 aliphatic rings. The highest BCUT2D eigenvalue weighted by molar-refractivity contribution is 9.10. The van der Waals surface area contributed by atoms with Crippen LogP contribution in [0.25, 0.3) is 55.3 Å². The molecule has 0 atom stereocenters.